The molecule has 3 N–H and O–H groups in total. The van der Waals surface area contributed by atoms with E-state index in [1.54, 1.807) is 0 Å². The number of hydrogen-bond donors (Lipinski definition) is 3. The Morgan fingerprint density at radius 2 is 1.78 bits per heavy atom. The molecule has 130 valence electrons. The van der Waals surface area contributed by atoms with Gasteiger partial charge in [0.15, 0.2) is 0 Å². The van der Waals surface area contributed by atoms with Gasteiger partial charge in [0.2, 0.25) is 5.91 Å². The molecule has 0 unspecified atom stereocenters. The molecule has 0 aliphatic carbocycles. The normalized spacial score (nSPS) is 10.7. The van der Waals surface area contributed by atoms with Crippen LogP contribution < -0.4 is 16.0 Å². The summed E-state index contributed by atoms with van der Waals surface area (Å²) in [5.74, 6) is -1.14. The van der Waals surface area contributed by atoms with Gasteiger partial charge < -0.3 is 16.0 Å². The fraction of sp³-hybridized carbons (Fsp3) is 0.429. The number of halogens is 4. The summed E-state index contributed by atoms with van der Waals surface area (Å²) in [5.41, 5.74) is -1.22. The molecule has 1 aromatic carbocycles. The smallest absolute Gasteiger partial charge is 0.351 e. The predicted octanol–water partition coefficient (Wildman–Crippen LogP) is 2.42. The molecule has 0 aliphatic rings. The summed E-state index contributed by atoms with van der Waals surface area (Å²) in [4.78, 5) is 22.9. The Labute approximate surface area is 138 Å². The lowest BCUT2D eigenvalue weighted by atomic mass is 10.1. The van der Waals surface area contributed by atoms with Gasteiger partial charge in [-0.1, -0.05) is 6.92 Å². The predicted molar refractivity (Wildman–Crippen MR) is 83.9 cm³/mol. The van der Waals surface area contributed by atoms with Crippen molar-refractivity contribution >= 4 is 29.9 Å². The van der Waals surface area contributed by atoms with Crippen LogP contribution in [0, 0.1) is 0 Å². The Morgan fingerprint density at radius 3 is 2.30 bits per heavy atom. The van der Waals surface area contributed by atoms with Gasteiger partial charge in [0.1, 0.15) is 0 Å². The van der Waals surface area contributed by atoms with E-state index in [9.17, 15) is 22.8 Å². The second-order valence-electron chi connectivity index (χ2n) is 4.59. The zero-order valence-corrected chi connectivity index (χ0v) is 13.5. The largest absolute Gasteiger partial charge is 0.416 e. The van der Waals surface area contributed by atoms with E-state index in [1.807, 2.05) is 6.92 Å². The van der Waals surface area contributed by atoms with E-state index in [4.69, 9.17) is 0 Å². The van der Waals surface area contributed by atoms with Crippen molar-refractivity contribution in [1.29, 1.82) is 0 Å². The minimum atomic E-state index is -4.60. The van der Waals surface area contributed by atoms with E-state index in [-0.39, 0.29) is 23.7 Å². The molecule has 0 aromatic heterocycles. The van der Waals surface area contributed by atoms with E-state index >= 15 is 0 Å². The molecule has 5 nitrogen and oxygen atoms in total. The molecule has 0 aliphatic heterocycles. The number of carbonyl (C=O) groups excluding carboxylic acids is 2. The number of likely N-dealkylation sites (N-methyl/N-ethyl adjacent to an activating group) is 1. The maximum Gasteiger partial charge on any atom is 0.416 e. The SMILES string of the molecule is CCNCCNC(=O)c1cc(NC(C)=O)cc(C(F)(F)F)c1.Cl. The highest BCUT2D eigenvalue weighted by molar-refractivity contribution is 5.97. The van der Waals surface area contributed by atoms with Crippen LogP contribution in [0.5, 0.6) is 0 Å². The van der Waals surface area contributed by atoms with Crippen molar-refractivity contribution in [2.75, 3.05) is 25.0 Å². The molecule has 0 atom stereocenters. The third-order valence-electron chi connectivity index (χ3n) is 2.68. The second-order valence-corrected chi connectivity index (χ2v) is 4.59. The van der Waals surface area contributed by atoms with E-state index in [0.29, 0.717) is 13.1 Å². The molecule has 23 heavy (non-hydrogen) atoms. The van der Waals surface area contributed by atoms with E-state index < -0.39 is 23.6 Å². The molecule has 0 saturated carbocycles. The van der Waals surface area contributed by atoms with E-state index in [1.165, 1.54) is 13.0 Å². The molecule has 0 bridgehead atoms. The Bertz CT molecular complexity index is 551. The first-order valence-electron chi connectivity index (χ1n) is 6.73. The van der Waals surface area contributed by atoms with Gasteiger partial charge >= 0.3 is 6.18 Å². The Balaban J connectivity index is 0.00000484. The van der Waals surface area contributed by atoms with Crippen LogP contribution in [0.3, 0.4) is 0 Å². The van der Waals surface area contributed by atoms with Crippen LogP contribution >= 0.6 is 12.4 Å². The number of carbonyl (C=O) groups is 2. The van der Waals surface area contributed by atoms with Crippen molar-refractivity contribution in [3.63, 3.8) is 0 Å². The Kier molecular flexibility index (Phi) is 8.63. The number of rotatable bonds is 6. The topological polar surface area (TPSA) is 70.2 Å². The van der Waals surface area contributed by atoms with Gasteiger partial charge in [-0.05, 0) is 24.7 Å². The summed E-state index contributed by atoms with van der Waals surface area (Å²) >= 11 is 0. The first-order valence-corrected chi connectivity index (χ1v) is 6.73. The van der Waals surface area contributed by atoms with Gasteiger partial charge in [-0.3, -0.25) is 9.59 Å². The molecular formula is C14H19ClF3N3O2. The number of nitrogens with one attached hydrogen (secondary N) is 3. The summed E-state index contributed by atoms with van der Waals surface area (Å²) < 4.78 is 38.5. The zero-order valence-electron chi connectivity index (χ0n) is 12.7. The van der Waals surface area contributed by atoms with E-state index in [0.717, 1.165) is 18.7 Å². The summed E-state index contributed by atoms with van der Waals surface area (Å²) in [5, 5.41) is 7.75. The van der Waals surface area contributed by atoms with Crippen molar-refractivity contribution in [3.05, 3.63) is 29.3 Å². The molecule has 0 heterocycles. The summed E-state index contributed by atoms with van der Waals surface area (Å²) in [6.07, 6.45) is -4.60. The van der Waals surface area contributed by atoms with Gasteiger partial charge in [0, 0.05) is 31.3 Å². The Hall–Kier alpha value is -1.80. The maximum atomic E-state index is 12.8. The first kappa shape index (κ1) is 21.2. The number of anilines is 1. The molecule has 1 rings (SSSR count). The van der Waals surface area contributed by atoms with Gasteiger partial charge in [0.05, 0.1) is 5.56 Å². The number of hydrogen-bond acceptors (Lipinski definition) is 3. The number of amides is 2. The van der Waals surface area contributed by atoms with Gasteiger partial charge in [-0.25, -0.2) is 0 Å². The average Bonchev–Trinajstić information content (AvgIpc) is 2.41. The van der Waals surface area contributed by atoms with Gasteiger partial charge in [0.25, 0.3) is 5.91 Å². The highest BCUT2D eigenvalue weighted by Gasteiger charge is 2.31. The van der Waals surface area contributed by atoms with Gasteiger partial charge in [-0.2, -0.15) is 13.2 Å². The molecule has 2 amide bonds. The first-order chi connectivity index (χ1) is 10.2. The third-order valence-corrected chi connectivity index (χ3v) is 2.68. The zero-order chi connectivity index (χ0) is 16.8. The standard InChI is InChI=1S/C14H18F3N3O2.ClH/c1-3-18-4-5-19-13(22)10-6-11(14(15,16)17)8-12(7-10)20-9(2)21;/h6-8,18H,3-5H2,1-2H3,(H,19,22)(H,20,21);1H. The molecule has 0 spiro atoms. The summed E-state index contributed by atoms with van der Waals surface area (Å²) in [6, 6.07) is 2.75. The van der Waals surface area contributed by atoms with Crippen LogP contribution in [-0.2, 0) is 11.0 Å². The molecule has 0 radical (unpaired) electrons. The minimum absolute atomic E-state index is 0. The molecule has 1 aromatic rings. The van der Waals surface area contributed by atoms with Crippen LogP contribution in [0.25, 0.3) is 0 Å². The second kappa shape index (κ2) is 9.36. The fourth-order valence-electron chi connectivity index (χ4n) is 1.74. The van der Waals surface area contributed by atoms with Crippen LogP contribution in [0.4, 0.5) is 18.9 Å². The maximum absolute atomic E-state index is 12.8. The van der Waals surface area contributed by atoms with Crippen LogP contribution in [0.1, 0.15) is 29.8 Å². The molecule has 0 fully saturated rings. The lowest BCUT2D eigenvalue weighted by Crippen LogP contribution is -2.32. The van der Waals surface area contributed by atoms with Crippen LogP contribution in [0.15, 0.2) is 18.2 Å². The minimum Gasteiger partial charge on any atom is -0.351 e. The quantitative estimate of drug-likeness (QED) is 0.688. The summed E-state index contributed by atoms with van der Waals surface area (Å²) in [6.45, 7) is 4.61. The summed E-state index contributed by atoms with van der Waals surface area (Å²) in [7, 11) is 0. The monoisotopic (exact) mass is 353 g/mol. The highest BCUT2D eigenvalue weighted by Crippen LogP contribution is 2.32. The van der Waals surface area contributed by atoms with Crippen molar-refractivity contribution in [2.24, 2.45) is 0 Å². The average molecular weight is 354 g/mol. The fourth-order valence-corrected chi connectivity index (χ4v) is 1.74. The number of benzene rings is 1. The van der Waals surface area contributed by atoms with Crippen molar-refractivity contribution in [3.8, 4) is 0 Å². The number of alkyl halides is 3. The van der Waals surface area contributed by atoms with E-state index in [2.05, 4.69) is 16.0 Å². The van der Waals surface area contributed by atoms with Crippen molar-refractivity contribution < 1.29 is 22.8 Å². The van der Waals surface area contributed by atoms with Crippen LogP contribution in [0.2, 0.25) is 0 Å². The lowest BCUT2D eigenvalue weighted by Gasteiger charge is -2.13. The molecular weight excluding hydrogens is 335 g/mol. The van der Waals surface area contributed by atoms with Crippen LogP contribution in [-0.4, -0.2) is 31.4 Å². The molecule has 0 saturated heterocycles. The lowest BCUT2D eigenvalue weighted by molar-refractivity contribution is -0.137. The molecule has 9 heteroatoms. The Morgan fingerprint density at radius 1 is 1.13 bits per heavy atom. The van der Waals surface area contributed by atoms with Crippen molar-refractivity contribution in [2.45, 2.75) is 20.0 Å². The van der Waals surface area contributed by atoms with Gasteiger partial charge in [-0.15, -0.1) is 12.4 Å². The van der Waals surface area contributed by atoms with Crippen molar-refractivity contribution in [1.82, 2.24) is 10.6 Å². The third kappa shape index (κ3) is 7.34. The highest BCUT2D eigenvalue weighted by atomic mass is 35.5.